The number of hydrogen-bond donors (Lipinski definition) is 3. The van der Waals surface area contributed by atoms with E-state index in [-0.39, 0.29) is 18.4 Å². The van der Waals surface area contributed by atoms with E-state index in [0.717, 1.165) is 0 Å². The Kier molecular flexibility index (Phi) is 5.72. The Balaban J connectivity index is 1.96. The van der Waals surface area contributed by atoms with Crippen LogP contribution in [-0.2, 0) is 9.53 Å². The maximum atomic E-state index is 12.2. The zero-order valence-electron chi connectivity index (χ0n) is 14.9. The number of carbonyl (C=O) groups is 2. The molecule has 0 aromatic carbocycles. The van der Waals surface area contributed by atoms with E-state index in [9.17, 15) is 9.59 Å². The lowest BCUT2D eigenvalue weighted by Gasteiger charge is -2.08. The highest BCUT2D eigenvalue weighted by Gasteiger charge is 2.18. The van der Waals surface area contributed by atoms with Gasteiger partial charge in [0.2, 0.25) is 0 Å². The Bertz CT molecular complexity index is 933. The number of rotatable bonds is 8. The molecule has 3 heterocycles. The normalized spacial score (nSPS) is 10.7. The molecular weight excluding hydrogens is 350 g/mol. The van der Waals surface area contributed by atoms with Crippen LogP contribution in [0.4, 0.5) is 5.82 Å². The smallest absolute Gasteiger partial charge is 0.325 e. The van der Waals surface area contributed by atoms with E-state index in [1.807, 2.05) is 0 Å². The number of nitrogens with one attached hydrogen (secondary N) is 2. The number of anilines is 1. The highest BCUT2D eigenvalue weighted by Crippen LogP contribution is 2.29. The number of furan rings is 1. The van der Waals surface area contributed by atoms with Gasteiger partial charge >= 0.3 is 5.97 Å². The van der Waals surface area contributed by atoms with Gasteiger partial charge in [0.15, 0.2) is 5.76 Å². The van der Waals surface area contributed by atoms with E-state index in [0.29, 0.717) is 48.2 Å². The predicted molar refractivity (Wildman–Crippen MR) is 99.4 cm³/mol. The summed E-state index contributed by atoms with van der Waals surface area (Å²) in [4.78, 5) is 28.4. The highest BCUT2D eigenvalue weighted by molar-refractivity contribution is 5.95. The van der Waals surface area contributed by atoms with Gasteiger partial charge in [-0.05, 0) is 31.2 Å². The molecule has 0 fully saturated rings. The summed E-state index contributed by atoms with van der Waals surface area (Å²) in [7, 11) is 0. The number of ether oxygens (including phenoxy) is 1. The van der Waals surface area contributed by atoms with Crippen LogP contribution in [0.25, 0.3) is 17.1 Å². The van der Waals surface area contributed by atoms with Crippen LogP contribution in [0.2, 0.25) is 0 Å². The van der Waals surface area contributed by atoms with Crippen LogP contribution in [0.1, 0.15) is 17.3 Å². The van der Waals surface area contributed by atoms with Gasteiger partial charge in [0.1, 0.15) is 23.7 Å². The summed E-state index contributed by atoms with van der Waals surface area (Å²) in [5.41, 5.74) is 6.94. The Hall–Kier alpha value is -3.33. The lowest BCUT2D eigenvalue weighted by molar-refractivity contribution is -0.140. The molecule has 0 radical (unpaired) electrons. The maximum Gasteiger partial charge on any atom is 0.325 e. The van der Waals surface area contributed by atoms with E-state index in [1.54, 1.807) is 48.0 Å². The standard InChI is InChI=1S/C18H21N5O4/c1-2-26-15(24)11-21-17-16(13-4-3-9-27-13)22-14-10-12(5-8-23(14)17)18(25)20-7-6-19/h3-5,8-10,21H,2,6-7,11,19H2,1H3,(H,20,25). The van der Waals surface area contributed by atoms with Gasteiger partial charge < -0.3 is 25.5 Å². The first-order valence-electron chi connectivity index (χ1n) is 8.57. The summed E-state index contributed by atoms with van der Waals surface area (Å²) in [5, 5.41) is 5.76. The molecule has 142 valence electrons. The van der Waals surface area contributed by atoms with Crippen LogP contribution in [-0.4, -0.2) is 47.5 Å². The number of imidazole rings is 1. The number of fused-ring (bicyclic) bond motifs is 1. The van der Waals surface area contributed by atoms with Crippen molar-refractivity contribution in [1.82, 2.24) is 14.7 Å². The Morgan fingerprint density at radius 2 is 2.22 bits per heavy atom. The van der Waals surface area contributed by atoms with Crippen LogP contribution in [0, 0.1) is 0 Å². The summed E-state index contributed by atoms with van der Waals surface area (Å²) < 4.78 is 12.1. The monoisotopic (exact) mass is 371 g/mol. The van der Waals surface area contributed by atoms with Crippen molar-refractivity contribution in [3.05, 3.63) is 42.3 Å². The largest absolute Gasteiger partial charge is 0.465 e. The molecule has 0 saturated heterocycles. The molecule has 0 spiro atoms. The Morgan fingerprint density at radius 1 is 1.37 bits per heavy atom. The Labute approximate surface area is 155 Å². The van der Waals surface area contributed by atoms with Crippen molar-refractivity contribution in [3.63, 3.8) is 0 Å². The minimum Gasteiger partial charge on any atom is -0.465 e. The molecule has 4 N–H and O–H groups in total. The second-order valence-corrected chi connectivity index (χ2v) is 5.63. The van der Waals surface area contributed by atoms with Gasteiger partial charge in [-0.15, -0.1) is 0 Å². The molecule has 3 aromatic rings. The number of amides is 1. The molecule has 0 bridgehead atoms. The second-order valence-electron chi connectivity index (χ2n) is 5.63. The van der Waals surface area contributed by atoms with Gasteiger partial charge in [-0.25, -0.2) is 4.98 Å². The molecule has 0 aliphatic carbocycles. The number of nitrogens with two attached hydrogens (primary N) is 1. The minimum absolute atomic E-state index is 0.0198. The van der Waals surface area contributed by atoms with E-state index in [1.165, 1.54) is 0 Å². The first-order valence-corrected chi connectivity index (χ1v) is 8.57. The molecule has 0 saturated carbocycles. The highest BCUT2D eigenvalue weighted by atomic mass is 16.5. The number of nitrogens with zero attached hydrogens (tertiary/aromatic N) is 2. The summed E-state index contributed by atoms with van der Waals surface area (Å²) in [6.45, 7) is 2.79. The molecule has 3 rings (SSSR count). The van der Waals surface area contributed by atoms with Crippen LogP contribution in [0.5, 0.6) is 0 Å². The molecule has 0 aliphatic rings. The maximum absolute atomic E-state index is 12.2. The third kappa shape index (κ3) is 4.09. The predicted octanol–water partition coefficient (Wildman–Crippen LogP) is 1.26. The van der Waals surface area contributed by atoms with Gasteiger partial charge in [0, 0.05) is 24.8 Å². The summed E-state index contributed by atoms with van der Waals surface area (Å²) in [6.07, 6.45) is 3.25. The molecule has 0 atom stereocenters. The average Bonchev–Trinajstić information content (AvgIpc) is 3.31. The average molecular weight is 371 g/mol. The van der Waals surface area contributed by atoms with Crippen molar-refractivity contribution in [2.45, 2.75) is 6.92 Å². The number of pyridine rings is 1. The van der Waals surface area contributed by atoms with E-state index in [2.05, 4.69) is 15.6 Å². The second kappa shape index (κ2) is 8.37. The molecule has 0 aliphatic heterocycles. The zero-order valence-corrected chi connectivity index (χ0v) is 14.9. The van der Waals surface area contributed by atoms with E-state index in [4.69, 9.17) is 14.9 Å². The van der Waals surface area contributed by atoms with Crippen molar-refractivity contribution in [2.24, 2.45) is 5.73 Å². The van der Waals surface area contributed by atoms with Crippen molar-refractivity contribution >= 4 is 23.3 Å². The molecule has 0 unspecified atom stereocenters. The quantitative estimate of drug-likeness (QED) is 0.509. The third-order valence-electron chi connectivity index (χ3n) is 3.78. The lowest BCUT2D eigenvalue weighted by atomic mass is 10.2. The molecule has 27 heavy (non-hydrogen) atoms. The molecule has 3 aromatic heterocycles. The fourth-order valence-corrected chi connectivity index (χ4v) is 2.60. The lowest BCUT2D eigenvalue weighted by Crippen LogP contribution is -2.29. The summed E-state index contributed by atoms with van der Waals surface area (Å²) >= 11 is 0. The fourth-order valence-electron chi connectivity index (χ4n) is 2.60. The van der Waals surface area contributed by atoms with Crippen molar-refractivity contribution in [2.75, 3.05) is 31.6 Å². The SMILES string of the molecule is CCOC(=O)CNc1c(-c2ccco2)nc2cc(C(=O)NCCN)ccn12. The first-order chi connectivity index (χ1) is 13.1. The third-order valence-corrected chi connectivity index (χ3v) is 3.78. The zero-order chi connectivity index (χ0) is 19.2. The fraction of sp³-hybridized carbons (Fsp3) is 0.278. The van der Waals surface area contributed by atoms with Gasteiger partial charge in [-0.1, -0.05) is 0 Å². The molecular formula is C18H21N5O4. The summed E-state index contributed by atoms with van der Waals surface area (Å²) in [5.74, 6) is 0.503. The van der Waals surface area contributed by atoms with Crippen LogP contribution >= 0.6 is 0 Å². The van der Waals surface area contributed by atoms with Gasteiger partial charge in [-0.2, -0.15) is 0 Å². The van der Waals surface area contributed by atoms with Crippen molar-refractivity contribution < 1.29 is 18.7 Å². The van der Waals surface area contributed by atoms with Crippen LogP contribution in [0.15, 0.2) is 41.1 Å². The first kappa shape index (κ1) is 18.5. The Morgan fingerprint density at radius 3 is 2.93 bits per heavy atom. The van der Waals surface area contributed by atoms with Crippen molar-refractivity contribution in [3.8, 4) is 11.5 Å². The van der Waals surface area contributed by atoms with E-state index < -0.39 is 0 Å². The number of carbonyl (C=O) groups excluding carboxylic acids is 2. The topological polar surface area (TPSA) is 124 Å². The number of aromatic nitrogens is 2. The van der Waals surface area contributed by atoms with E-state index >= 15 is 0 Å². The number of hydrogen-bond acceptors (Lipinski definition) is 7. The number of esters is 1. The molecule has 1 amide bonds. The van der Waals surface area contributed by atoms with Crippen LogP contribution in [0.3, 0.4) is 0 Å². The minimum atomic E-state index is -0.379. The van der Waals surface area contributed by atoms with Crippen molar-refractivity contribution in [1.29, 1.82) is 0 Å². The van der Waals surface area contributed by atoms with Crippen LogP contribution < -0.4 is 16.4 Å². The summed E-state index contributed by atoms with van der Waals surface area (Å²) in [6, 6.07) is 6.85. The van der Waals surface area contributed by atoms with Gasteiger partial charge in [0.05, 0.1) is 12.9 Å². The molecule has 9 nitrogen and oxygen atoms in total. The molecule has 9 heteroatoms. The van der Waals surface area contributed by atoms with Gasteiger partial charge in [0.25, 0.3) is 5.91 Å². The van der Waals surface area contributed by atoms with Gasteiger partial charge in [-0.3, -0.25) is 14.0 Å².